The van der Waals surface area contributed by atoms with Crippen LogP contribution >= 0.6 is 0 Å². The van der Waals surface area contributed by atoms with Gasteiger partial charge in [-0.15, -0.1) is 0 Å². The smallest absolute Gasteiger partial charge is 0.338 e. The van der Waals surface area contributed by atoms with Gasteiger partial charge in [-0.3, -0.25) is 4.79 Å². The predicted octanol–water partition coefficient (Wildman–Crippen LogP) is 3.11. The highest BCUT2D eigenvalue weighted by molar-refractivity contribution is 6.01. The normalized spacial score (nSPS) is 11.6. The second-order valence-electron chi connectivity index (χ2n) is 4.14. The second-order valence-corrected chi connectivity index (χ2v) is 4.14. The first kappa shape index (κ1) is 13.0. The van der Waals surface area contributed by atoms with Gasteiger partial charge in [-0.05, 0) is 19.1 Å². The van der Waals surface area contributed by atoms with Crippen molar-refractivity contribution in [3.05, 3.63) is 71.8 Å². The molecule has 1 atom stereocenters. The van der Waals surface area contributed by atoms with Crippen molar-refractivity contribution in [2.24, 2.45) is 0 Å². The Kier molecular flexibility index (Phi) is 4.08. The van der Waals surface area contributed by atoms with Gasteiger partial charge in [0.25, 0.3) is 0 Å². The summed E-state index contributed by atoms with van der Waals surface area (Å²) >= 11 is 0. The van der Waals surface area contributed by atoms with E-state index in [2.05, 4.69) is 0 Å². The lowest BCUT2D eigenvalue weighted by atomic mass is 10.1. The van der Waals surface area contributed by atoms with Crippen molar-refractivity contribution >= 4 is 11.8 Å². The zero-order valence-electron chi connectivity index (χ0n) is 10.6. The van der Waals surface area contributed by atoms with E-state index < -0.39 is 12.1 Å². The molecule has 3 heteroatoms. The number of benzene rings is 2. The summed E-state index contributed by atoms with van der Waals surface area (Å²) in [6, 6.07) is 17.4. The molecule has 0 saturated carbocycles. The van der Waals surface area contributed by atoms with Gasteiger partial charge < -0.3 is 4.74 Å². The molecule has 0 bridgehead atoms. The molecule has 2 aromatic rings. The number of rotatable bonds is 4. The molecule has 0 aliphatic carbocycles. The molecule has 2 aromatic carbocycles. The summed E-state index contributed by atoms with van der Waals surface area (Å²) < 4.78 is 5.16. The summed E-state index contributed by atoms with van der Waals surface area (Å²) in [6.07, 6.45) is -0.796. The topological polar surface area (TPSA) is 43.4 Å². The van der Waals surface area contributed by atoms with Crippen LogP contribution in [-0.4, -0.2) is 17.9 Å². The fourth-order valence-corrected chi connectivity index (χ4v) is 1.69. The van der Waals surface area contributed by atoms with Crippen LogP contribution < -0.4 is 0 Å². The van der Waals surface area contributed by atoms with E-state index in [4.69, 9.17) is 4.74 Å². The van der Waals surface area contributed by atoms with Crippen LogP contribution in [0.15, 0.2) is 60.7 Å². The van der Waals surface area contributed by atoms with E-state index in [0.717, 1.165) is 0 Å². The summed E-state index contributed by atoms with van der Waals surface area (Å²) in [4.78, 5) is 23.9. The first-order valence-electron chi connectivity index (χ1n) is 6.04. The third kappa shape index (κ3) is 3.28. The molecule has 0 fully saturated rings. The number of esters is 1. The largest absolute Gasteiger partial charge is 0.451 e. The van der Waals surface area contributed by atoms with Gasteiger partial charge in [0.2, 0.25) is 5.78 Å². The molecule has 0 aliphatic rings. The molecule has 2 rings (SSSR count). The van der Waals surface area contributed by atoms with E-state index in [9.17, 15) is 9.59 Å². The molecule has 0 saturated heterocycles. The Morgan fingerprint density at radius 1 is 0.842 bits per heavy atom. The molecule has 0 amide bonds. The summed E-state index contributed by atoms with van der Waals surface area (Å²) in [7, 11) is 0. The van der Waals surface area contributed by atoms with Crippen LogP contribution in [0.3, 0.4) is 0 Å². The zero-order chi connectivity index (χ0) is 13.7. The Hall–Kier alpha value is -2.42. The van der Waals surface area contributed by atoms with Gasteiger partial charge in [0, 0.05) is 5.56 Å². The van der Waals surface area contributed by atoms with Gasteiger partial charge in [0.15, 0.2) is 6.10 Å². The molecule has 96 valence electrons. The molecular weight excluding hydrogens is 240 g/mol. The zero-order valence-corrected chi connectivity index (χ0v) is 10.6. The van der Waals surface area contributed by atoms with E-state index in [1.54, 1.807) is 55.5 Å². The second kappa shape index (κ2) is 5.96. The Bertz CT molecular complexity index is 561. The molecule has 0 unspecified atom stereocenters. The van der Waals surface area contributed by atoms with E-state index in [0.29, 0.717) is 11.1 Å². The number of hydrogen-bond acceptors (Lipinski definition) is 3. The Balaban J connectivity index is 2.04. The molecule has 19 heavy (non-hydrogen) atoms. The Labute approximate surface area is 111 Å². The van der Waals surface area contributed by atoms with Crippen molar-refractivity contribution in [2.45, 2.75) is 13.0 Å². The molecule has 0 aromatic heterocycles. The van der Waals surface area contributed by atoms with Crippen molar-refractivity contribution < 1.29 is 14.3 Å². The Morgan fingerprint density at radius 2 is 1.32 bits per heavy atom. The maximum Gasteiger partial charge on any atom is 0.338 e. The summed E-state index contributed by atoms with van der Waals surface area (Å²) in [5, 5.41) is 0. The molecule has 0 radical (unpaired) electrons. The average molecular weight is 254 g/mol. The van der Waals surface area contributed by atoms with Crippen LogP contribution in [0.2, 0.25) is 0 Å². The molecule has 0 aliphatic heterocycles. The maximum atomic E-state index is 12.0. The SMILES string of the molecule is C[C@H](OC(=O)c1ccccc1)C(=O)c1ccccc1. The summed E-state index contributed by atoms with van der Waals surface area (Å²) in [6.45, 7) is 1.58. The number of carbonyl (C=O) groups is 2. The standard InChI is InChI=1S/C16H14O3/c1-12(15(17)13-8-4-2-5-9-13)19-16(18)14-10-6-3-7-11-14/h2-12H,1H3/t12-/m0/s1. The van der Waals surface area contributed by atoms with Crippen molar-refractivity contribution in [1.29, 1.82) is 0 Å². The van der Waals surface area contributed by atoms with E-state index in [1.165, 1.54) is 0 Å². The highest BCUT2D eigenvalue weighted by Crippen LogP contribution is 2.09. The third-order valence-corrected chi connectivity index (χ3v) is 2.72. The minimum atomic E-state index is -0.796. The number of Topliss-reactive ketones (excluding diaryl/α,β-unsaturated/α-hetero) is 1. The van der Waals surface area contributed by atoms with E-state index in [-0.39, 0.29) is 5.78 Å². The van der Waals surface area contributed by atoms with E-state index in [1.807, 2.05) is 12.1 Å². The lowest BCUT2D eigenvalue weighted by Gasteiger charge is -2.12. The van der Waals surface area contributed by atoms with Crippen molar-refractivity contribution in [3.63, 3.8) is 0 Å². The van der Waals surface area contributed by atoms with Gasteiger partial charge in [-0.1, -0.05) is 48.5 Å². The number of hydrogen-bond donors (Lipinski definition) is 0. The molecule has 0 heterocycles. The van der Waals surface area contributed by atoms with Gasteiger partial charge in [-0.2, -0.15) is 0 Å². The van der Waals surface area contributed by atoms with Gasteiger partial charge in [0.05, 0.1) is 5.56 Å². The summed E-state index contributed by atoms with van der Waals surface area (Å²) in [5.74, 6) is -0.692. The molecule has 3 nitrogen and oxygen atoms in total. The molecular formula is C16H14O3. The quantitative estimate of drug-likeness (QED) is 0.622. The third-order valence-electron chi connectivity index (χ3n) is 2.72. The number of ether oxygens (including phenoxy) is 1. The predicted molar refractivity (Wildman–Crippen MR) is 72.1 cm³/mol. The minimum Gasteiger partial charge on any atom is -0.451 e. The van der Waals surface area contributed by atoms with Gasteiger partial charge >= 0.3 is 5.97 Å². The highest BCUT2D eigenvalue weighted by atomic mass is 16.5. The van der Waals surface area contributed by atoms with Crippen LogP contribution in [0.25, 0.3) is 0 Å². The Morgan fingerprint density at radius 3 is 1.84 bits per heavy atom. The first-order chi connectivity index (χ1) is 9.18. The summed E-state index contributed by atoms with van der Waals surface area (Å²) in [5.41, 5.74) is 0.978. The highest BCUT2D eigenvalue weighted by Gasteiger charge is 2.19. The fourth-order valence-electron chi connectivity index (χ4n) is 1.69. The van der Waals surface area contributed by atoms with Crippen LogP contribution in [0.1, 0.15) is 27.6 Å². The lowest BCUT2D eigenvalue weighted by molar-refractivity contribution is 0.0319. The monoisotopic (exact) mass is 254 g/mol. The average Bonchev–Trinajstić information content (AvgIpc) is 2.48. The number of ketones is 1. The van der Waals surface area contributed by atoms with Crippen molar-refractivity contribution in [3.8, 4) is 0 Å². The maximum absolute atomic E-state index is 12.0. The number of carbonyl (C=O) groups excluding carboxylic acids is 2. The van der Waals surface area contributed by atoms with Gasteiger partial charge in [-0.25, -0.2) is 4.79 Å². The van der Waals surface area contributed by atoms with E-state index >= 15 is 0 Å². The first-order valence-corrected chi connectivity index (χ1v) is 6.04. The van der Waals surface area contributed by atoms with Crippen LogP contribution in [0, 0.1) is 0 Å². The van der Waals surface area contributed by atoms with Gasteiger partial charge in [0.1, 0.15) is 0 Å². The van der Waals surface area contributed by atoms with Crippen LogP contribution in [0.4, 0.5) is 0 Å². The van der Waals surface area contributed by atoms with Crippen molar-refractivity contribution in [1.82, 2.24) is 0 Å². The minimum absolute atomic E-state index is 0.204. The molecule has 0 N–H and O–H groups in total. The lowest BCUT2D eigenvalue weighted by Crippen LogP contribution is -2.24. The fraction of sp³-hybridized carbons (Fsp3) is 0.125. The molecule has 0 spiro atoms. The van der Waals surface area contributed by atoms with Crippen LogP contribution in [-0.2, 0) is 4.74 Å². The van der Waals surface area contributed by atoms with Crippen molar-refractivity contribution in [2.75, 3.05) is 0 Å². The van der Waals surface area contributed by atoms with Crippen LogP contribution in [0.5, 0.6) is 0 Å².